The van der Waals surface area contributed by atoms with Crippen LogP contribution in [0.4, 0.5) is 4.39 Å². The number of aromatic nitrogens is 1. The highest BCUT2D eigenvalue weighted by Gasteiger charge is 2.09. The quantitative estimate of drug-likeness (QED) is 0.787. The molecule has 0 N–H and O–H groups in total. The number of carbonyl (C=O) groups excluding carboxylic acids is 1. The number of Topliss-reactive ketones (excluding diaryl/α,β-unsaturated/α-hetero) is 1. The molecule has 0 bridgehead atoms. The van der Waals surface area contributed by atoms with Gasteiger partial charge in [0.25, 0.3) is 0 Å². The van der Waals surface area contributed by atoms with Crippen molar-refractivity contribution in [1.29, 1.82) is 0 Å². The van der Waals surface area contributed by atoms with Crippen LogP contribution in [-0.4, -0.2) is 10.8 Å². The van der Waals surface area contributed by atoms with Gasteiger partial charge in [0.05, 0.1) is 0 Å². The van der Waals surface area contributed by atoms with E-state index in [1.54, 1.807) is 11.4 Å². The smallest absolute Gasteiger partial charge is 0.178 e. The second-order valence-corrected chi connectivity index (χ2v) is 5.03. The van der Waals surface area contributed by atoms with Gasteiger partial charge in [-0.2, -0.15) is 0 Å². The van der Waals surface area contributed by atoms with E-state index in [-0.39, 0.29) is 11.6 Å². The maximum atomic E-state index is 13.2. The third kappa shape index (κ3) is 2.36. The lowest BCUT2D eigenvalue weighted by molar-refractivity contribution is 0.101. The number of nitrogens with zero attached hydrogens (tertiary/aromatic N) is 1. The van der Waals surface area contributed by atoms with E-state index < -0.39 is 0 Å². The average Bonchev–Trinajstić information content (AvgIpc) is 2.64. The maximum Gasteiger partial charge on any atom is 0.178 e. The van der Waals surface area contributed by atoms with Crippen LogP contribution in [0.3, 0.4) is 0 Å². The Hall–Kier alpha value is -1.07. The second-order valence-electron chi connectivity index (χ2n) is 3.25. The van der Waals surface area contributed by atoms with E-state index in [2.05, 4.69) is 20.9 Å². The van der Waals surface area contributed by atoms with Gasteiger partial charge in [-0.1, -0.05) is 15.9 Å². The first-order valence-electron chi connectivity index (χ1n) is 4.49. The Bertz CT molecular complexity index is 532. The minimum Gasteiger partial charge on any atom is -0.293 e. The van der Waals surface area contributed by atoms with Gasteiger partial charge in [-0.05, 0) is 18.2 Å². The average molecular weight is 300 g/mol. The van der Waals surface area contributed by atoms with E-state index in [4.69, 9.17) is 0 Å². The predicted molar refractivity (Wildman–Crippen MR) is 65.2 cm³/mol. The molecule has 0 spiro atoms. The molecule has 0 atom stereocenters. The van der Waals surface area contributed by atoms with Gasteiger partial charge < -0.3 is 0 Å². The number of halogens is 2. The Morgan fingerprint density at radius 3 is 2.75 bits per heavy atom. The molecule has 0 aliphatic heterocycles. The van der Waals surface area contributed by atoms with Crippen LogP contribution in [0.25, 0.3) is 10.6 Å². The van der Waals surface area contributed by atoms with Crippen molar-refractivity contribution in [2.75, 3.05) is 0 Å². The molecular weight excluding hydrogens is 293 g/mol. The molecule has 2 rings (SSSR count). The summed E-state index contributed by atoms with van der Waals surface area (Å²) in [6.07, 6.45) is 0. The van der Waals surface area contributed by atoms with Gasteiger partial charge >= 0.3 is 0 Å². The van der Waals surface area contributed by atoms with Crippen LogP contribution < -0.4 is 0 Å². The number of hydrogen-bond donors (Lipinski definition) is 0. The van der Waals surface area contributed by atoms with Crippen LogP contribution in [0.5, 0.6) is 0 Å². The molecule has 1 aromatic heterocycles. The molecule has 16 heavy (non-hydrogen) atoms. The Kier molecular flexibility index (Phi) is 3.16. The van der Waals surface area contributed by atoms with Crippen LogP contribution in [0.15, 0.2) is 28.1 Å². The summed E-state index contributed by atoms with van der Waals surface area (Å²) in [4.78, 5) is 15.2. The van der Waals surface area contributed by atoms with Crippen LogP contribution in [0.2, 0.25) is 0 Å². The first-order chi connectivity index (χ1) is 7.56. The lowest BCUT2D eigenvalue weighted by atomic mass is 10.2. The van der Waals surface area contributed by atoms with Crippen molar-refractivity contribution < 1.29 is 9.18 Å². The SMILES string of the molecule is CC(=O)c1csc(-c2cc(F)cc(Br)c2)n1. The van der Waals surface area contributed by atoms with E-state index in [9.17, 15) is 9.18 Å². The van der Waals surface area contributed by atoms with Gasteiger partial charge in [0.1, 0.15) is 16.5 Å². The van der Waals surface area contributed by atoms with Gasteiger partial charge in [0.2, 0.25) is 0 Å². The fraction of sp³-hybridized carbons (Fsp3) is 0.0909. The molecule has 1 heterocycles. The summed E-state index contributed by atoms with van der Waals surface area (Å²) in [5, 5.41) is 2.32. The molecular formula is C11H7BrFNOS. The summed E-state index contributed by atoms with van der Waals surface area (Å²) in [6, 6.07) is 4.54. The molecule has 0 fully saturated rings. The lowest BCUT2D eigenvalue weighted by Crippen LogP contribution is -1.91. The summed E-state index contributed by atoms with van der Waals surface area (Å²) in [5.41, 5.74) is 1.09. The van der Waals surface area contributed by atoms with E-state index in [0.29, 0.717) is 20.7 Å². The summed E-state index contributed by atoms with van der Waals surface area (Å²) < 4.78 is 13.8. The molecule has 2 nitrogen and oxygen atoms in total. The molecule has 1 aromatic carbocycles. The van der Waals surface area contributed by atoms with Gasteiger partial charge in [-0.3, -0.25) is 4.79 Å². The maximum absolute atomic E-state index is 13.2. The van der Waals surface area contributed by atoms with Crippen molar-refractivity contribution in [3.63, 3.8) is 0 Å². The highest BCUT2D eigenvalue weighted by molar-refractivity contribution is 9.10. The molecule has 2 aromatic rings. The summed E-state index contributed by atoms with van der Waals surface area (Å²) in [5.74, 6) is -0.415. The molecule has 0 aliphatic rings. The number of thiazole rings is 1. The van der Waals surface area contributed by atoms with Crippen molar-refractivity contribution in [3.8, 4) is 10.6 Å². The van der Waals surface area contributed by atoms with Crippen molar-refractivity contribution in [3.05, 3.63) is 39.6 Å². The molecule has 0 unspecified atom stereocenters. The zero-order valence-electron chi connectivity index (χ0n) is 8.33. The van der Waals surface area contributed by atoms with Crippen LogP contribution in [-0.2, 0) is 0 Å². The molecule has 0 aliphatic carbocycles. The third-order valence-electron chi connectivity index (χ3n) is 1.97. The summed E-state index contributed by atoms with van der Waals surface area (Å²) in [7, 11) is 0. The number of benzene rings is 1. The normalized spacial score (nSPS) is 10.4. The van der Waals surface area contributed by atoms with Crippen molar-refractivity contribution in [2.24, 2.45) is 0 Å². The highest BCUT2D eigenvalue weighted by Crippen LogP contribution is 2.27. The second kappa shape index (κ2) is 4.43. The number of hydrogen-bond acceptors (Lipinski definition) is 3. The molecule has 5 heteroatoms. The predicted octanol–water partition coefficient (Wildman–Crippen LogP) is 3.91. The van der Waals surface area contributed by atoms with E-state index in [1.165, 1.54) is 30.4 Å². The summed E-state index contributed by atoms with van der Waals surface area (Å²) in [6.45, 7) is 1.46. The third-order valence-corrected chi connectivity index (χ3v) is 3.32. The minimum absolute atomic E-state index is 0.0852. The van der Waals surface area contributed by atoms with Gasteiger partial charge in [0.15, 0.2) is 5.78 Å². The molecule has 0 radical (unpaired) electrons. The van der Waals surface area contributed by atoms with E-state index in [0.717, 1.165) is 0 Å². The van der Waals surface area contributed by atoms with Gasteiger partial charge in [-0.25, -0.2) is 9.37 Å². The Morgan fingerprint density at radius 2 is 2.19 bits per heavy atom. The Morgan fingerprint density at radius 1 is 1.44 bits per heavy atom. The van der Waals surface area contributed by atoms with E-state index in [1.807, 2.05) is 0 Å². The molecule has 0 saturated heterocycles. The van der Waals surface area contributed by atoms with Crippen LogP contribution >= 0.6 is 27.3 Å². The topological polar surface area (TPSA) is 30.0 Å². The van der Waals surface area contributed by atoms with Gasteiger partial charge in [0, 0.05) is 22.3 Å². The van der Waals surface area contributed by atoms with Gasteiger partial charge in [-0.15, -0.1) is 11.3 Å². The molecule has 0 amide bonds. The first kappa shape index (κ1) is 11.4. The van der Waals surface area contributed by atoms with E-state index >= 15 is 0 Å². The molecule has 0 saturated carbocycles. The summed E-state index contributed by atoms with van der Waals surface area (Å²) >= 11 is 4.54. The highest BCUT2D eigenvalue weighted by atomic mass is 79.9. The lowest BCUT2D eigenvalue weighted by Gasteiger charge is -1.98. The molecule has 82 valence electrons. The first-order valence-corrected chi connectivity index (χ1v) is 6.16. The minimum atomic E-state index is -0.330. The fourth-order valence-electron chi connectivity index (χ4n) is 1.25. The zero-order chi connectivity index (χ0) is 11.7. The van der Waals surface area contributed by atoms with Crippen LogP contribution in [0.1, 0.15) is 17.4 Å². The zero-order valence-corrected chi connectivity index (χ0v) is 10.7. The number of ketones is 1. The van der Waals surface area contributed by atoms with Crippen molar-refractivity contribution in [2.45, 2.75) is 6.92 Å². The van der Waals surface area contributed by atoms with Crippen molar-refractivity contribution in [1.82, 2.24) is 4.98 Å². The largest absolute Gasteiger partial charge is 0.293 e. The fourth-order valence-corrected chi connectivity index (χ4v) is 2.56. The van der Waals surface area contributed by atoms with Crippen LogP contribution in [0, 0.1) is 5.82 Å². The van der Waals surface area contributed by atoms with Crippen molar-refractivity contribution >= 4 is 33.0 Å². The standard InChI is InChI=1S/C11H7BrFNOS/c1-6(15)10-5-16-11(14-10)7-2-8(12)4-9(13)3-7/h2-5H,1H3. The Labute approximate surface area is 104 Å². The number of rotatable bonds is 2. The number of carbonyl (C=O) groups is 1. The monoisotopic (exact) mass is 299 g/mol. The Balaban J connectivity index is 2.46.